The van der Waals surface area contributed by atoms with E-state index in [-0.39, 0.29) is 24.0 Å². The molecule has 28 heavy (non-hydrogen) atoms. The number of aliphatic imine (C=N–C) groups is 1. The van der Waals surface area contributed by atoms with Gasteiger partial charge in [-0.15, -0.1) is 24.0 Å². The zero-order valence-electron chi connectivity index (χ0n) is 17.4. The summed E-state index contributed by atoms with van der Waals surface area (Å²) >= 11 is 2.11. The van der Waals surface area contributed by atoms with Gasteiger partial charge < -0.3 is 15.0 Å². The summed E-state index contributed by atoms with van der Waals surface area (Å²) in [6.45, 7) is 9.74. The summed E-state index contributed by atoms with van der Waals surface area (Å²) in [5.41, 5.74) is 0.361. The van der Waals surface area contributed by atoms with Crippen molar-refractivity contribution in [2.24, 2.45) is 4.99 Å². The Morgan fingerprint density at radius 3 is 2.50 bits per heavy atom. The van der Waals surface area contributed by atoms with Gasteiger partial charge in [0.1, 0.15) is 0 Å². The van der Waals surface area contributed by atoms with Crippen molar-refractivity contribution >= 4 is 41.7 Å². The van der Waals surface area contributed by atoms with E-state index < -0.39 is 0 Å². The molecule has 1 N–H and O–H groups in total. The molecule has 1 aliphatic carbocycles. The number of guanidine groups is 1. The van der Waals surface area contributed by atoms with Gasteiger partial charge in [0.15, 0.2) is 5.96 Å². The molecule has 0 amide bonds. The number of hydrogen-bond donors (Lipinski definition) is 1. The van der Waals surface area contributed by atoms with Gasteiger partial charge in [0.2, 0.25) is 0 Å². The number of thioether (sulfide) groups is 1. The van der Waals surface area contributed by atoms with Crippen LogP contribution in [-0.2, 0) is 4.74 Å². The van der Waals surface area contributed by atoms with Crippen molar-refractivity contribution in [2.75, 3.05) is 77.6 Å². The molecule has 0 radical (unpaired) electrons. The second kappa shape index (κ2) is 11.0. The maximum absolute atomic E-state index is 5.52. The first-order valence-electron chi connectivity index (χ1n) is 10.9. The van der Waals surface area contributed by atoms with Crippen LogP contribution in [0.15, 0.2) is 4.99 Å². The molecule has 162 valence electrons. The van der Waals surface area contributed by atoms with Crippen LogP contribution in [0.1, 0.15) is 32.1 Å². The van der Waals surface area contributed by atoms with E-state index in [1.807, 2.05) is 7.05 Å². The molecular formula is C20H38IN5OS. The molecule has 1 saturated carbocycles. The highest BCUT2D eigenvalue weighted by Gasteiger charge is 2.40. The monoisotopic (exact) mass is 523 g/mol. The van der Waals surface area contributed by atoms with Crippen LogP contribution in [0.25, 0.3) is 0 Å². The molecule has 0 aromatic heterocycles. The lowest BCUT2D eigenvalue weighted by molar-refractivity contribution is 0.0194. The van der Waals surface area contributed by atoms with E-state index in [9.17, 15) is 0 Å². The van der Waals surface area contributed by atoms with Gasteiger partial charge in [-0.05, 0) is 19.3 Å². The zero-order valence-corrected chi connectivity index (χ0v) is 20.6. The van der Waals surface area contributed by atoms with Crippen LogP contribution in [0, 0.1) is 0 Å². The molecule has 4 rings (SSSR count). The summed E-state index contributed by atoms with van der Waals surface area (Å²) < 4.78 is 5.52. The molecule has 6 nitrogen and oxygen atoms in total. The van der Waals surface area contributed by atoms with Gasteiger partial charge in [-0.1, -0.05) is 12.8 Å². The molecule has 0 bridgehead atoms. The summed E-state index contributed by atoms with van der Waals surface area (Å²) in [5, 5.41) is 3.80. The third kappa shape index (κ3) is 5.28. The van der Waals surface area contributed by atoms with Crippen LogP contribution >= 0.6 is 35.7 Å². The Bertz CT molecular complexity index is 505. The topological polar surface area (TPSA) is 43.3 Å². The fourth-order valence-corrected chi connectivity index (χ4v) is 6.33. The number of nitrogens with one attached hydrogen (secondary N) is 1. The number of ether oxygens (including phenoxy) is 1. The van der Waals surface area contributed by atoms with E-state index >= 15 is 0 Å². The third-order valence-electron chi connectivity index (χ3n) is 7.03. The Hall–Kier alpha value is 0.230. The predicted octanol–water partition coefficient (Wildman–Crippen LogP) is 1.95. The van der Waals surface area contributed by atoms with Crippen LogP contribution in [0.4, 0.5) is 0 Å². The number of nitrogens with zero attached hydrogens (tertiary/aromatic N) is 4. The van der Waals surface area contributed by atoms with E-state index in [0.717, 1.165) is 51.9 Å². The molecule has 1 atom stereocenters. The van der Waals surface area contributed by atoms with Gasteiger partial charge >= 0.3 is 0 Å². The first-order chi connectivity index (χ1) is 13.3. The maximum atomic E-state index is 5.52. The van der Waals surface area contributed by atoms with Crippen LogP contribution < -0.4 is 5.32 Å². The second-order valence-electron chi connectivity index (χ2n) is 8.47. The van der Waals surface area contributed by atoms with Crippen molar-refractivity contribution in [1.82, 2.24) is 20.0 Å². The summed E-state index contributed by atoms with van der Waals surface area (Å²) in [7, 11) is 1.95. The molecule has 3 saturated heterocycles. The van der Waals surface area contributed by atoms with Crippen LogP contribution in [-0.4, -0.2) is 110 Å². The molecule has 4 fully saturated rings. The van der Waals surface area contributed by atoms with Crippen molar-refractivity contribution in [3.63, 3.8) is 0 Å². The number of morpholine rings is 1. The smallest absolute Gasteiger partial charge is 0.193 e. The Morgan fingerprint density at radius 1 is 1.11 bits per heavy atom. The highest BCUT2D eigenvalue weighted by Crippen LogP contribution is 2.36. The SMILES string of the molecule is CN=C(NCC1(N2CCSCC2)CCCC1)N1CCC(N2CCOCC2)C1.I. The summed E-state index contributed by atoms with van der Waals surface area (Å²) in [6, 6.07) is 0.659. The Balaban J connectivity index is 0.00000225. The quantitative estimate of drug-likeness (QED) is 0.346. The van der Waals surface area contributed by atoms with Gasteiger partial charge in [0, 0.05) is 75.9 Å². The predicted molar refractivity (Wildman–Crippen MR) is 129 cm³/mol. The molecule has 0 aromatic rings. The Morgan fingerprint density at radius 2 is 1.82 bits per heavy atom. The van der Waals surface area contributed by atoms with Crippen LogP contribution in [0.2, 0.25) is 0 Å². The highest BCUT2D eigenvalue weighted by atomic mass is 127. The Kier molecular flexibility index (Phi) is 9.02. The van der Waals surface area contributed by atoms with Gasteiger partial charge in [-0.25, -0.2) is 0 Å². The summed E-state index contributed by atoms with van der Waals surface area (Å²) in [4.78, 5) is 12.5. The first-order valence-corrected chi connectivity index (χ1v) is 12.1. The van der Waals surface area contributed by atoms with E-state index in [2.05, 4.69) is 36.8 Å². The zero-order chi connectivity index (χ0) is 18.5. The van der Waals surface area contributed by atoms with E-state index in [0.29, 0.717) is 11.6 Å². The normalized spacial score (nSPS) is 29.7. The number of halogens is 1. The molecule has 3 heterocycles. The van der Waals surface area contributed by atoms with Gasteiger partial charge in [0.05, 0.1) is 13.2 Å². The van der Waals surface area contributed by atoms with Crippen molar-refractivity contribution in [2.45, 2.75) is 43.7 Å². The largest absolute Gasteiger partial charge is 0.379 e. The van der Waals surface area contributed by atoms with Gasteiger partial charge in [-0.3, -0.25) is 14.8 Å². The van der Waals surface area contributed by atoms with Gasteiger partial charge in [-0.2, -0.15) is 11.8 Å². The molecular weight excluding hydrogens is 485 g/mol. The summed E-state index contributed by atoms with van der Waals surface area (Å²) in [6.07, 6.45) is 6.70. The van der Waals surface area contributed by atoms with Gasteiger partial charge in [0.25, 0.3) is 0 Å². The minimum absolute atomic E-state index is 0. The Labute approximate surface area is 192 Å². The average molecular weight is 524 g/mol. The van der Waals surface area contributed by atoms with Crippen molar-refractivity contribution in [1.29, 1.82) is 0 Å². The maximum Gasteiger partial charge on any atom is 0.193 e. The molecule has 3 aliphatic heterocycles. The average Bonchev–Trinajstić information content (AvgIpc) is 3.41. The molecule has 0 spiro atoms. The number of hydrogen-bond acceptors (Lipinski definition) is 5. The van der Waals surface area contributed by atoms with Crippen molar-refractivity contribution in [3.05, 3.63) is 0 Å². The van der Waals surface area contributed by atoms with E-state index in [4.69, 9.17) is 4.74 Å². The first kappa shape index (κ1) is 22.9. The molecule has 4 aliphatic rings. The minimum Gasteiger partial charge on any atom is -0.379 e. The highest BCUT2D eigenvalue weighted by molar-refractivity contribution is 14.0. The molecule has 8 heteroatoms. The number of likely N-dealkylation sites (tertiary alicyclic amines) is 1. The standard InChI is InChI=1S/C20H37N5OS.HI/c1-21-19(24-7-4-18(16-24)23-8-12-26-13-9-23)22-17-20(5-2-3-6-20)25-10-14-27-15-11-25;/h18H,2-17H2,1H3,(H,21,22);1H. The minimum atomic E-state index is 0. The van der Waals surface area contributed by atoms with Crippen LogP contribution in [0.5, 0.6) is 0 Å². The van der Waals surface area contributed by atoms with E-state index in [1.54, 1.807) is 0 Å². The lowest BCUT2D eigenvalue weighted by Crippen LogP contribution is -2.58. The third-order valence-corrected chi connectivity index (χ3v) is 7.97. The van der Waals surface area contributed by atoms with Crippen molar-refractivity contribution in [3.8, 4) is 0 Å². The lowest BCUT2D eigenvalue weighted by Gasteiger charge is -2.44. The second-order valence-corrected chi connectivity index (χ2v) is 9.69. The number of rotatable bonds is 4. The van der Waals surface area contributed by atoms with Crippen LogP contribution in [0.3, 0.4) is 0 Å². The van der Waals surface area contributed by atoms with Crippen molar-refractivity contribution < 1.29 is 4.74 Å². The fraction of sp³-hybridized carbons (Fsp3) is 0.950. The fourth-order valence-electron chi connectivity index (χ4n) is 5.43. The molecule has 0 aromatic carbocycles. The summed E-state index contributed by atoms with van der Waals surface area (Å²) in [5.74, 6) is 3.71. The van der Waals surface area contributed by atoms with E-state index in [1.165, 1.54) is 56.7 Å². The lowest BCUT2D eigenvalue weighted by atomic mass is 9.94. The molecule has 1 unspecified atom stereocenters.